The van der Waals surface area contributed by atoms with E-state index in [2.05, 4.69) is 4.90 Å². The van der Waals surface area contributed by atoms with E-state index in [0.717, 1.165) is 28.7 Å². The van der Waals surface area contributed by atoms with Crippen molar-refractivity contribution in [3.8, 4) is 0 Å². The largest absolute Gasteiger partial charge is 0.309 e. The molecule has 8 heteroatoms. The molecule has 150 valence electrons. The van der Waals surface area contributed by atoms with Crippen LogP contribution in [0.25, 0.3) is 10.2 Å². The summed E-state index contributed by atoms with van der Waals surface area (Å²) in [7, 11) is 4.03. The zero-order valence-corrected chi connectivity index (χ0v) is 19.1. The first-order chi connectivity index (χ1) is 12.9. The highest BCUT2D eigenvalue weighted by Crippen LogP contribution is 2.32. The maximum absolute atomic E-state index is 13.3. The van der Waals surface area contributed by atoms with Crippen LogP contribution < -0.4 is 4.90 Å². The molecule has 3 rings (SSSR count). The number of carbonyl (C=O) groups is 1. The van der Waals surface area contributed by atoms with Crippen molar-refractivity contribution in [2.24, 2.45) is 0 Å². The van der Waals surface area contributed by atoms with Gasteiger partial charge in [0.05, 0.1) is 20.8 Å². The predicted octanol–water partition coefficient (Wildman–Crippen LogP) is 5.93. The molecule has 28 heavy (non-hydrogen) atoms. The van der Waals surface area contributed by atoms with Crippen LogP contribution in [0.4, 0.5) is 5.13 Å². The van der Waals surface area contributed by atoms with E-state index in [1.165, 1.54) is 11.3 Å². The highest BCUT2D eigenvalue weighted by molar-refractivity contribution is 7.22. The summed E-state index contributed by atoms with van der Waals surface area (Å²) in [6.45, 7) is 3.47. The molecule has 1 aromatic heterocycles. The van der Waals surface area contributed by atoms with Crippen molar-refractivity contribution in [3.05, 3.63) is 57.6 Å². The highest BCUT2D eigenvalue weighted by atomic mass is 35.5. The van der Waals surface area contributed by atoms with Crippen molar-refractivity contribution in [2.45, 2.75) is 13.3 Å². The molecule has 0 radical (unpaired) electrons. The Morgan fingerprint density at radius 3 is 2.54 bits per heavy atom. The number of nitrogens with zero attached hydrogens (tertiary/aromatic N) is 3. The Morgan fingerprint density at radius 2 is 1.89 bits per heavy atom. The summed E-state index contributed by atoms with van der Waals surface area (Å²) in [4.78, 5) is 21.8. The molecule has 1 amide bonds. The fourth-order valence-electron chi connectivity index (χ4n) is 2.83. The number of thiazole rings is 1. The summed E-state index contributed by atoms with van der Waals surface area (Å²) in [6, 6.07) is 11.0. The highest BCUT2D eigenvalue weighted by Gasteiger charge is 2.23. The van der Waals surface area contributed by atoms with Gasteiger partial charge in [0, 0.05) is 11.6 Å². The lowest BCUT2D eigenvalue weighted by molar-refractivity contribution is 0.0986. The molecule has 0 N–H and O–H groups in total. The Kier molecular flexibility index (Phi) is 8.10. The maximum Gasteiger partial charge on any atom is 0.261 e. The second-order valence-corrected chi connectivity index (χ2v) is 8.51. The molecule has 0 fully saturated rings. The van der Waals surface area contributed by atoms with Crippen molar-refractivity contribution in [3.63, 3.8) is 0 Å². The molecule has 0 unspecified atom stereocenters. The number of benzene rings is 2. The molecule has 3 aromatic rings. The number of aromatic nitrogens is 1. The van der Waals surface area contributed by atoms with Crippen LogP contribution in [0, 0.1) is 6.92 Å². The van der Waals surface area contributed by atoms with Crippen LogP contribution in [0.5, 0.6) is 0 Å². The van der Waals surface area contributed by atoms with Gasteiger partial charge in [-0.1, -0.05) is 46.7 Å². The zero-order valence-electron chi connectivity index (χ0n) is 15.9. The van der Waals surface area contributed by atoms with Gasteiger partial charge < -0.3 is 4.90 Å². The third-order valence-electron chi connectivity index (χ3n) is 4.23. The smallest absolute Gasteiger partial charge is 0.261 e. The normalized spacial score (nSPS) is 10.9. The first kappa shape index (κ1) is 22.9. The summed E-state index contributed by atoms with van der Waals surface area (Å²) in [6.07, 6.45) is 0.832. The Bertz CT molecular complexity index is 974. The molecule has 0 saturated heterocycles. The second kappa shape index (κ2) is 9.90. The fourth-order valence-corrected chi connectivity index (χ4v) is 4.38. The SMILES string of the molecule is Cc1cccc2sc(N(CCCN(C)C)C(=O)c3ccc(Cl)cc3Cl)nc12.Cl. The van der Waals surface area contributed by atoms with Crippen molar-refractivity contribution in [1.29, 1.82) is 0 Å². The number of hydrogen-bond acceptors (Lipinski definition) is 4. The Hall–Kier alpha value is -1.37. The average Bonchev–Trinajstić information content (AvgIpc) is 3.03. The first-order valence-corrected chi connectivity index (χ1v) is 10.2. The average molecular weight is 459 g/mol. The summed E-state index contributed by atoms with van der Waals surface area (Å²) >= 11 is 13.8. The van der Waals surface area contributed by atoms with Crippen LogP contribution in [0.2, 0.25) is 10.0 Å². The van der Waals surface area contributed by atoms with Gasteiger partial charge in [-0.3, -0.25) is 9.69 Å². The standard InChI is InChI=1S/C20H21Cl2N3OS.ClH/c1-13-6-4-7-17-18(13)23-20(27-17)25(11-5-10-24(2)3)19(26)15-9-8-14(21)12-16(15)22;/h4,6-9,12H,5,10-11H2,1-3H3;1H. The van der Waals surface area contributed by atoms with Gasteiger partial charge in [0.15, 0.2) is 5.13 Å². The van der Waals surface area contributed by atoms with Crippen LogP contribution >= 0.6 is 46.9 Å². The van der Waals surface area contributed by atoms with Gasteiger partial charge in [-0.05, 0) is 63.8 Å². The van der Waals surface area contributed by atoms with E-state index >= 15 is 0 Å². The molecule has 0 bridgehead atoms. The van der Waals surface area contributed by atoms with E-state index in [1.807, 2.05) is 39.2 Å². The van der Waals surface area contributed by atoms with Gasteiger partial charge in [0.1, 0.15) is 0 Å². The Morgan fingerprint density at radius 1 is 1.14 bits per heavy atom. The fraction of sp³-hybridized carbons (Fsp3) is 0.300. The lowest BCUT2D eigenvalue weighted by Gasteiger charge is -2.21. The molecule has 0 aliphatic carbocycles. The van der Waals surface area contributed by atoms with Gasteiger partial charge in [-0.25, -0.2) is 4.98 Å². The molecule has 0 spiro atoms. The second-order valence-electron chi connectivity index (χ2n) is 6.66. The molecule has 0 aliphatic rings. The number of hydrogen-bond donors (Lipinski definition) is 0. The Balaban J connectivity index is 0.00000280. The minimum Gasteiger partial charge on any atom is -0.309 e. The quantitative estimate of drug-likeness (QED) is 0.459. The summed E-state index contributed by atoms with van der Waals surface area (Å²) in [5.74, 6) is -0.160. The van der Waals surface area contributed by atoms with Gasteiger partial charge in [0.25, 0.3) is 5.91 Å². The van der Waals surface area contributed by atoms with Gasteiger partial charge in [-0.2, -0.15) is 0 Å². The molecule has 4 nitrogen and oxygen atoms in total. The van der Waals surface area contributed by atoms with Crippen LogP contribution in [0.3, 0.4) is 0 Å². The minimum absolute atomic E-state index is 0. The number of anilines is 1. The lowest BCUT2D eigenvalue weighted by atomic mass is 10.2. The van der Waals surface area contributed by atoms with E-state index in [0.29, 0.717) is 27.3 Å². The number of aryl methyl sites for hydroxylation is 1. The molecule has 0 aliphatic heterocycles. The molecule has 2 aromatic carbocycles. The number of carbonyl (C=O) groups excluding carboxylic acids is 1. The number of amides is 1. The van der Waals surface area contributed by atoms with Crippen molar-refractivity contribution < 1.29 is 4.79 Å². The number of rotatable bonds is 6. The number of para-hydroxylation sites is 1. The van der Waals surface area contributed by atoms with E-state index < -0.39 is 0 Å². The zero-order chi connectivity index (χ0) is 19.6. The van der Waals surface area contributed by atoms with Crippen molar-refractivity contribution in [2.75, 3.05) is 32.1 Å². The van der Waals surface area contributed by atoms with Gasteiger partial charge in [0.2, 0.25) is 0 Å². The Labute approximate surface area is 185 Å². The summed E-state index contributed by atoms with van der Waals surface area (Å²) < 4.78 is 1.07. The first-order valence-electron chi connectivity index (χ1n) is 8.64. The van der Waals surface area contributed by atoms with Crippen molar-refractivity contribution >= 4 is 68.2 Å². The maximum atomic E-state index is 13.3. The van der Waals surface area contributed by atoms with E-state index in [4.69, 9.17) is 28.2 Å². The van der Waals surface area contributed by atoms with Crippen molar-refractivity contribution in [1.82, 2.24) is 9.88 Å². The monoisotopic (exact) mass is 457 g/mol. The van der Waals surface area contributed by atoms with Gasteiger partial charge in [-0.15, -0.1) is 12.4 Å². The molecular formula is C20H22Cl3N3OS. The van der Waals surface area contributed by atoms with Crippen LogP contribution in [-0.2, 0) is 0 Å². The van der Waals surface area contributed by atoms with E-state index in [9.17, 15) is 4.79 Å². The molecule has 1 heterocycles. The van der Waals surface area contributed by atoms with Crippen LogP contribution in [0.1, 0.15) is 22.3 Å². The minimum atomic E-state index is -0.160. The van der Waals surface area contributed by atoms with Crippen LogP contribution in [0.15, 0.2) is 36.4 Å². The number of fused-ring (bicyclic) bond motifs is 1. The molecular weight excluding hydrogens is 437 g/mol. The summed E-state index contributed by atoms with van der Waals surface area (Å²) in [5.41, 5.74) is 2.47. The molecule has 0 saturated carbocycles. The third-order valence-corrected chi connectivity index (χ3v) is 5.83. The number of halogens is 3. The third kappa shape index (κ3) is 5.16. The molecule has 0 atom stereocenters. The van der Waals surface area contributed by atoms with E-state index in [1.54, 1.807) is 23.1 Å². The van der Waals surface area contributed by atoms with E-state index in [-0.39, 0.29) is 18.3 Å². The predicted molar refractivity (Wildman–Crippen MR) is 123 cm³/mol. The van der Waals surface area contributed by atoms with Gasteiger partial charge >= 0.3 is 0 Å². The summed E-state index contributed by atoms with van der Waals surface area (Å²) in [5, 5.41) is 1.54. The van der Waals surface area contributed by atoms with Crippen LogP contribution in [-0.4, -0.2) is 43.0 Å². The topological polar surface area (TPSA) is 36.4 Å². The lowest BCUT2D eigenvalue weighted by Crippen LogP contribution is -2.33.